The van der Waals surface area contributed by atoms with Gasteiger partial charge in [0.2, 0.25) is 0 Å². The third kappa shape index (κ3) is 3.41. The number of nitro benzene ring substituents is 1. The highest BCUT2D eigenvalue weighted by Crippen LogP contribution is 2.24. The van der Waals surface area contributed by atoms with Crippen molar-refractivity contribution >= 4 is 17.3 Å². The van der Waals surface area contributed by atoms with Gasteiger partial charge in [-0.3, -0.25) is 10.1 Å². The van der Waals surface area contributed by atoms with Crippen LogP contribution in [0.4, 0.5) is 5.69 Å². The predicted octanol–water partition coefficient (Wildman–Crippen LogP) is 2.52. The number of nitrogens with one attached hydrogen (secondary N) is 1. The summed E-state index contributed by atoms with van der Waals surface area (Å²) in [6.07, 6.45) is 2.05. The SMILES string of the molecule is O=[N+]([O-])c1ccc(Cl)cc1COC1CCNCC1. The average molecular weight is 271 g/mol. The van der Waals surface area contributed by atoms with Crippen LogP contribution in [0.15, 0.2) is 18.2 Å². The van der Waals surface area contributed by atoms with Gasteiger partial charge in [-0.05, 0) is 38.1 Å². The van der Waals surface area contributed by atoms with Crippen molar-refractivity contribution in [3.8, 4) is 0 Å². The van der Waals surface area contributed by atoms with E-state index in [2.05, 4.69) is 5.32 Å². The van der Waals surface area contributed by atoms with Crippen molar-refractivity contribution in [2.75, 3.05) is 13.1 Å². The second-order valence-corrected chi connectivity index (χ2v) is 4.73. The second-order valence-electron chi connectivity index (χ2n) is 4.29. The zero-order valence-electron chi connectivity index (χ0n) is 9.89. The number of piperidine rings is 1. The monoisotopic (exact) mass is 270 g/mol. The molecule has 1 aliphatic heterocycles. The zero-order valence-corrected chi connectivity index (χ0v) is 10.7. The number of nitro groups is 1. The van der Waals surface area contributed by atoms with Gasteiger partial charge in [0.05, 0.1) is 23.2 Å². The number of hydrogen-bond acceptors (Lipinski definition) is 4. The third-order valence-corrected chi connectivity index (χ3v) is 3.23. The van der Waals surface area contributed by atoms with E-state index in [1.54, 1.807) is 6.07 Å². The van der Waals surface area contributed by atoms with Crippen molar-refractivity contribution in [2.45, 2.75) is 25.6 Å². The molecule has 1 fully saturated rings. The predicted molar refractivity (Wildman–Crippen MR) is 68.8 cm³/mol. The van der Waals surface area contributed by atoms with E-state index in [4.69, 9.17) is 16.3 Å². The maximum Gasteiger partial charge on any atom is 0.275 e. The summed E-state index contributed by atoms with van der Waals surface area (Å²) in [5.74, 6) is 0. The molecule has 1 aliphatic rings. The number of rotatable bonds is 4. The summed E-state index contributed by atoms with van der Waals surface area (Å²) in [5, 5.41) is 14.6. The van der Waals surface area contributed by atoms with E-state index in [1.807, 2.05) is 0 Å². The van der Waals surface area contributed by atoms with Crippen molar-refractivity contribution in [1.29, 1.82) is 0 Å². The molecule has 0 bridgehead atoms. The smallest absolute Gasteiger partial charge is 0.275 e. The summed E-state index contributed by atoms with van der Waals surface area (Å²) < 4.78 is 5.71. The summed E-state index contributed by atoms with van der Waals surface area (Å²) >= 11 is 5.85. The van der Waals surface area contributed by atoms with Gasteiger partial charge in [-0.25, -0.2) is 0 Å². The van der Waals surface area contributed by atoms with Crippen molar-refractivity contribution in [1.82, 2.24) is 5.32 Å². The van der Waals surface area contributed by atoms with Crippen LogP contribution in [-0.4, -0.2) is 24.1 Å². The molecular formula is C12H15ClN2O3. The van der Waals surface area contributed by atoms with E-state index in [1.165, 1.54) is 12.1 Å². The molecule has 0 aliphatic carbocycles. The Morgan fingerprint density at radius 2 is 2.17 bits per heavy atom. The Bertz CT molecular complexity index is 433. The molecule has 1 aromatic rings. The molecule has 0 spiro atoms. The minimum atomic E-state index is -0.405. The zero-order chi connectivity index (χ0) is 13.0. The van der Waals surface area contributed by atoms with Gasteiger partial charge >= 0.3 is 0 Å². The molecule has 1 saturated heterocycles. The first kappa shape index (κ1) is 13.3. The van der Waals surface area contributed by atoms with E-state index in [0.29, 0.717) is 10.6 Å². The van der Waals surface area contributed by atoms with Gasteiger partial charge < -0.3 is 10.1 Å². The number of nitrogens with zero attached hydrogens (tertiary/aromatic N) is 1. The molecular weight excluding hydrogens is 256 g/mol. The number of ether oxygens (including phenoxy) is 1. The third-order valence-electron chi connectivity index (χ3n) is 3.00. The molecule has 18 heavy (non-hydrogen) atoms. The number of halogens is 1. The van der Waals surface area contributed by atoms with Crippen LogP contribution in [0.3, 0.4) is 0 Å². The molecule has 2 rings (SSSR count). The van der Waals surface area contributed by atoms with E-state index in [0.717, 1.165) is 25.9 Å². The lowest BCUT2D eigenvalue weighted by atomic mass is 10.1. The van der Waals surface area contributed by atoms with Crippen LogP contribution in [-0.2, 0) is 11.3 Å². The normalized spacial score (nSPS) is 16.7. The van der Waals surface area contributed by atoms with Gasteiger partial charge in [0.1, 0.15) is 0 Å². The fraction of sp³-hybridized carbons (Fsp3) is 0.500. The Morgan fingerprint density at radius 1 is 1.44 bits per heavy atom. The molecule has 1 heterocycles. The molecule has 0 unspecified atom stereocenters. The molecule has 5 nitrogen and oxygen atoms in total. The van der Waals surface area contributed by atoms with E-state index >= 15 is 0 Å². The van der Waals surface area contributed by atoms with Crippen LogP contribution in [0.1, 0.15) is 18.4 Å². The Balaban J connectivity index is 2.03. The van der Waals surface area contributed by atoms with E-state index in [-0.39, 0.29) is 18.4 Å². The standard InChI is InChI=1S/C12H15ClN2O3/c13-10-1-2-12(15(16)17)9(7-10)8-18-11-3-5-14-6-4-11/h1-2,7,11,14H,3-6,8H2. The minimum Gasteiger partial charge on any atom is -0.373 e. The van der Waals surface area contributed by atoms with Crippen LogP contribution in [0, 0.1) is 10.1 Å². The van der Waals surface area contributed by atoms with E-state index < -0.39 is 4.92 Å². The summed E-state index contributed by atoms with van der Waals surface area (Å²) in [4.78, 5) is 10.5. The molecule has 6 heteroatoms. The lowest BCUT2D eigenvalue weighted by Gasteiger charge is -2.22. The second kappa shape index (κ2) is 6.13. The first-order chi connectivity index (χ1) is 8.66. The fourth-order valence-electron chi connectivity index (χ4n) is 2.02. The Hall–Kier alpha value is -1.17. The van der Waals surface area contributed by atoms with Crippen molar-refractivity contribution < 1.29 is 9.66 Å². The minimum absolute atomic E-state index is 0.0633. The van der Waals surface area contributed by atoms with Crippen LogP contribution < -0.4 is 5.32 Å². The van der Waals surface area contributed by atoms with Gasteiger partial charge in [-0.2, -0.15) is 0 Å². The van der Waals surface area contributed by atoms with Gasteiger partial charge in [-0.15, -0.1) is 0 Å². The quantitative estimate of drug-likeness (QED) is 0.674. The summed E-state index contributed by atoms with van der Waals surface area (Å²) in [7, 11) is 0. The van der Waals surface area contributed by atoms with Crippen molar-refractivity contribution in [2.24, 2.45) is 0 Å². The van der Waals surface area contributed by atoms with Crippen LogP contribution in [0.2, 0.25) is 5.02 Å². The Morgan fingerprint density at radius 3 is 2.83 bits per heavy atom. The van der Waals surface area contributed by atoms with Gasteiger partial charge in [-0.1, -0.05) is 11.6 Å². The highest BCUT2D eigenvalue weighted by molar-refractivity contribution is 6.30. The fourth-order valence-corrected chi connectivity index (χ4v) is 2.21. The molecule has 1 N–H and O–H groups in total. The van der Waals surface area contributed by atoms with E-state index in [9.17, 15) is 10.1 Å². The maximum atomic E-state index is 10.9. The van der Waals surface area contributed by atoms with Crippen molar-refractivity contribution in [3.05, 3.63) is 38.9 Å². The summed E-state index contributed by atoms with van der Waals surface area (Å²) in [6, 6.07) is 4.54. The first-order valence-corrected chi connectivity index (χ1v) is 6.30. The Kier molecular flexibility index (Phi) is 4.52. The van der Waals surface area contributed by atoms with Gasteiger partial charge in [0.25, 0.3) is 5.69 Å². The molecule has 0 amide bonds. The highest BCUT2D eigenvalue weighted by atomic mass is 35.5. The molecule has 0 saturated carbocycles. The van der Waals surface area contributed by atoms with Crippen molar-refractivity contribution in [3.63, 3.8) is 0 Å². The maximum absolute atomic E-state index is 10.9. The number of benzene rings is 1. The molecule has 0 radical (unpaired) electrons. The van der Waals surface area contributed by atoms with Crippen LogP contribution in [0.25, 0.3) is 0 Å². The van der Waals surface area contributed by atoms with Crippen LogP contribution in [0.5, 0.6) is 0 Å². The summed E-state index contributed by atoms with van der Waals surface area (Å²) in [5.41, 5.74) is 0.597. The van der Waals surface area contributed by atoms with Gasteiger partial charge in [0.15, 0.2) is 0 Å². The average Bonchev–Trinajstić information content (AvgIpc) is 2.37. The lowest BCUT2D eigenvalue weighted by molar-refractivity contribution is -0.386. The summed E-state index contributed by atoms with van der Waals surface area (Å²) in [6.45, 7) is 2.10. The highest BCUT2D eigenvalue weighted by Gasteiger charge is 2.17. The number of hydrogen-bond donors (Lipinski definition) is 1. The molecule has 98 valence electrons. The molecule has 1 aromatic carbocycles. The van der Waals surface area contributed by atoms with Gasteiger partial charge in [0, 0.05) is 11.1 Å². The lowest BCUT2D eigenvalue weighted by Crippen LogP contribution is -2.32. The molecule has 0 aromatic heterocycles. The topological polar surface area (TPSA) is 64.4 Å². The Labute approximate surface area is 110 Å². The first-order valence-electron chi connectivity index (χ1n) is 5.92. The van der Waals surface area contributed by atoms with Crippen LogP contribution >= 0.6 is 11.6 Å². The largest absolute Gasteiger partial charge is 0.373 e. The molecule has 0 atom stereocenters.